The van der Waals surface area contributed by atoms with Crippen molar-refractivity contribution < 1.29 is 14.3 Å². The molecule has 1 saturated heterocycles. The Morgan fingerprint density at radius 1 is 1.22 bits per heavy atom. The van der Waals surface area contributed by atoms with Crippen molar-refractivity contribution in [3.05, 3.63) is 64.4 Å². The Kier molecular flexibility index (Phi) is 7.31. The fraction of sp³-hybridized carbons (Fsp3) is 0.364. The summed E-state index contributed by atoms with van der Waals surface area (Å²) in [6.07, 6.45) is 3.36. The molecule has 1 aliphatic heterocycles. The number of amides is 1. The summed E-state index contributed by atoms with van der Waals surface area (Å²) < 4.78 is 11.3. The minimum Gasteiger partial charge on any atom is -0.464 e. The molecule has 2 atom stereocenters. The first-order chi connectivity index (χ1) is 15.5. The maximum Gasteiger partial charge on any atom is 0.296 e. The first-order valence-electron chi connectivity index (χ1n) is 10.3. The average molecular weight is 474 g/mol. The molecule has 0 unspecified atom stereocenters. The zero-order valence-corrected chi connectivity index (χ0v) is 19.4. The summed E-state index contributed by atoms with van der Waals surface area (Å²) in [6, 6.07) is 9.62. The van der Waals surface area contributed by atoms with Gasteiger partial charge in [0.1, 0.15) is 6.61 Å². The summed E-state index contributed by atoms with van der Waals surface area (Å²) in [7, 11) is 0. The molecule has 1 amide bonds. The van der Waals surface area contributed by atoms with E-state index in [1.165, 1.54) is 11.3 Å². The summed E-state index contributed by atoms with van der Waals surface area (Å²) in [5.74, 6) is -0.253. The highest BCUT2D eigenvalue weighted by Gasteiger charge is 2.27. The molecule has 1 fully saturated rings. The van der Waals surface area contributed by atoms with E-state index in [4.69, 9.17) is 21.1 Å². The number of ether oxygens (including phenoxy) is 2. The van der Waals surface area contributed by atoms with E-state index in [1.54, 1.807) is 30.6 Å². The van der Waals surface area contributed by atoms with E-state index in [0.29, 0.717) is 47.3 Å². The maximum absolute atomic E-state index is 13.0. The van der Waals surface area contributed by atoms with Gasteiger partial charge in [0.2, 0.25) is 5.13 Å². The summed E-state index contributed by atoms with van der Waals surface area (Å²) >= 11 is 7.07. The SMILES string of the molecule is C[C@@H]1COC[C@@H](C)N1Cc1cnccc1C(=O)Nc1nnc(OCc2ccc(Cl)cc2)s1. The summed E-state index contributed by atoms with van der Waals surface area (Å²) in [5, 5.41) is 12.3. The number of hydrogen-bond donors (Lipinski definition) is 1. The number of aromatic nitrogens is 3. The third-order valence-corrected chi connectivity index (χ3v) is 6.26. The van der Waals surface area contributed by atoms with Gasteiger partial charge < -0.3 is 9.47 Å². The van der Waals surface area contributed by atoms with Gasteiger partial charge in [0.25, 0.3) is 11.1 Å². The van der Waals surface area contributed by atoms with Crippen LogP contribution in [-0.4, -0.2) is 51.3 Å². The van der Waals surface area contributed by atoms with E-state index in [0.717, 1.165) is 11.1 Å². The van der Waals surface area contributed by atoms with Crippen molar-refractivity contribution in [3.63, 3.8) is 0 Å². The van der Waals surface area contributed by atoms with Crippen LogP contribution in [-0.2, 0) is 17.9 Å². The Balaban J connectivity index is 1.39. The van der Waals surface area contributed by atoms with E-state index < -0.39 is 0 Å². The van der Waals surface area contributed by atoms with Gasteiger partial charge in [0.15, 0.2) is 0 Å². The molecule has 4 rings (SSSR count). The van der Waals surface area contributed by atoms with Crippen LogP contribution in [0.2, 0.25) is 5.02 Å². The Morgan fingerprint density at radius 3 is 2.72 bits per heavy atom. The lowest BCUT2D eigenvalue weighted by atomic mass is 10.1. The van der Waals surface area contributed by atoms with Crippen molar-refractivity contribution >= 4 is 34.0 Å². The number of carbonyl (C=O) groups excluding carboxylic acids is 1. The maximum atomic E-state index is 13.0. The van der Waals surface area contributed by atoms with Crippen molar-refractivity contribution in [2.24, 2.45) is 0 Å². The minimum atomic E-state index is -0.253. The monoisotopic (exact) mass is 473 g/mol. The lowest BCUT2D eigenvalue weighted by Crippen LogP contribution is -2.49. The number of halogens is 1. The molecule has 0 aliphatic carbocycles. The molecule has 2 aromatic heterocycles. The second-order valence-electron chi connectivity index (χ2n) is 7.68. The van der Waals surface area contributed by atoms with Crippen LogP contribution in [0.3, 0.4) is 0 Å². The molecular formula is C22H24ClN5O3S. The van der Waals surface area contributed by atoms with Crippen LogP contribution in [0.1, 0.15) is 35.3 Å². The predicted octanol–water partition coefficient (Wildman–Crippen LogP) is 4.03. The van der Waals surface area contributed by atoms with Crippen LogP contribution in [0.4, 0.5) is 5.13 Å². The van der Waals surface area contributed by atoms with Gasteiger partial charge in [0.05, 0.1) is 13.2 Å². The second-order valence-corrected chi connectivity index (χ2v) is 9.06. The van der Waals surface area contributed by atoms with Gasteiger partial charge in [-0.05, 0) is 54.5 Å². The molecule has 1 aromatic carbocycles. The normalized spacial score (nSPS) is 19.0. The topological polar surface area (TPSA) is 89.5 Å². The number of nitrogens with zero attached hydrogens (tertiary/aromatic N) is 4. The van der Waals surface area contributed by atoms with Crippen molar-refractivity contribution in [1.29, 1.82) is 0 Å². The smallest absolute Gasteiger partial charge is 0.296 e. The molecule has 10 heteroatoms. The number of pyridine rings is 1. The Labute approximate surface area is 195 Å². The van der Waals surface area contributed by atoms with Crippen LogP contribution >= 0.6 is 22.9 Å². The van der Waals surface area contributed by atoms with Crippen molar-refractivity contribution in [1.82, 2.24) is 20.1 Å². The highest BCUT2D eigenvalue weighted by atomic mass is 35.5. The molecule has 1 aliphatic rings. The highest BCUT2D eigenvalue weighted by Crippen LogP contribution is 2.25. The number of morpholine rings is 1. The third-order valence-electron chi connectivity index (χ3n) is 5.25. The molecule has 0 saturated carbocycles. The zero-order chi connectivity index (χ0) is 22.5. The third kappa shape index (κ3) is 5.60. The van der Waals surface area contributed by atoms with E-state index in [9.17, 15) is 4.79 Å². The fourth-order valence-corrected chi connectivity index (χ4v) is 4.24. The predicted molar refractivity (Wildman–Crippen MR) is 123 cm³/mol. The van der Waals surface area contributed by atoms with Crippen LogP contribution < -0.4 is 10.1 Å². The lowest BCUT2D eigenvalue weighted by molar-refractivity contribution is -0.0410. The summed E-state index contributed by atoms with van der Waals surface area (Å²) in [5.41, 5.74) is 2.38. The average Bonchev–Trinajstić information content (AvgIpc) is 3.23. The molecule has 0 bridgehead atoms. The Morgan fingerprint density at radius 2 is 1.97 bits per heavy atom. The van der Waals surface area contributed by atoms with E-state index in [2.05, 4.69) is 39.2 Å². The van der Waals surface area contributed by atoms with Gasteiger partial charge in [0, 0.05) is 41.6 Å². The first-order valence-corrected chi connectivity index (χ1v) is 11.5. The van der Waals surface area contributed by atoms with Crippen molar-refractivity contribution in [3.8, 4) is 5.19 Å². The minimum absolute atomic E-state index is 0.253. The lowest BCUT2D eigenvalue weighted by Gasteiger charge is -2.38. The van der Waals surface area contributed by atoms with Gasteiger partial charge in [-0.1, -0.05) is 28.8 Å². The Bertz CT molecular complexity index is 1050. The standard InChI is InChI=1S/C22H24ClN5O3S/c1-14-11-30-12-15(2)28(14)10-17-9-24-8-7-19(17)20(29)25-21-26-27-22(32-21)31-13-16-3-5-18(23)6-4-16/h3-9,14-15H,10-13H2,1-2H3,(H,25,26,29)/t14-,15-/m1/s1. The fourth-order valence-electron chi connectivity index (χ4n) is 3.53. The number of benzene rings is 1. The summed E-state index contributed by atoms with van der Waals surface area (Å²) in [6.45, 7) is 6.56. The van der Waals surface area contributed by atoms with Crippen LogP contribution in [0, 0.1) is 0 Å². The molecule has 8 nitrogen and oxygen atoms in total. The van der Waals surface area contributed by atoms with Gasteiger partial charge in [-0.25, -0.2) is 0 Å². The highest BCUT2D eigenvalue weighted by molar-refractivity contribution is 7.17. The quantitative estimate of drug-likeness (QED) is 0.554. The van der Waals surface area contributed by atoms with Gasteiger partial charge in [-0.3, -0.25) is 20.0 Å². The molecular weight excluding hydrogens is 450 g/mol. The van der Waals surface area contributed by atoms with E-state index in [1.807, 2.05) is 12.1 Å². The second kappa shape index (κ2) is 10.4. The zero-order valence-electron chi connectivity index (χ0n) is 17.8. The molecule has 32 heavy (non-hydrogen) atoms. The number of hydrogen-bond acceptors (Lipinski definition) is 8. The van der Waals surface area contributed by atoms with E-state index in [-0.39, 0.29) is 18.0 Å². The van der Waals surface area contributed by atoms with E-state index >= 15 is 0 Å². The molecule has 3 aromatic rings. The number of rotatable bonds is 7. The van der Waals surface area contributed by atoms with Crippen LogP contribution in [0.5, 0.6) is 5.19 Å². The number of nitrogens with one attached hydrogen (secondary N) is 1. The molecule has 0 radical (unpaired) electrons. The molecule has 3 heterocycles. The van der Waals surface area contributed by atoms with Crippen LogP contribution in [0.25, 0.3) is 0 Å². The molecule has 1 N–H and O–H groups in total. The van der Waals surface area contributed by atoms with Gasteiger partial charge in [-0.15, -0.1) is 5.10 Å². The van der Waals surface area contributed by atoms with Gasteiger partial charge >= 0.3 is 0 Å². The largest absolute Gasteiger partial charge is 0.464 e. The Hall–Kier alpha value is -2.59. The first kappa shape index (κ1) is 22.6. The number of anilines is 1. The molecule has 168 valence electrons. The number of carbonyl (C=O) groups is 1. The van der Waals surface area contributed by atoms with Gasteiger partial charge in [-0.2, -0.15) is 0 Å². The van der Waals surface area contributed by atoms with Crippen LogP contribution in [0.15, 0.2) is 42.7 Å². The molecule has 0 spiro atoms. The van der Waals surface area contributed by atoms with Crippen molar-refractivity contribution in [2.45, 2.75) is 39.1 Å². The summed E-state index contributed by atoms with van der Waals surface area (Å²) in [4.78, 5) is 19.5. The van der Waals surface area contributed by atoms with Crippen molar-refractivity contribution in [2.75, 3.05) is 18.5 Å².